The Hall–Kier alpha value is -0.780. The first-order chi connectivity index (χ1) is 12.6. The summed E-state index contributed by atoms with van der Waals surface area (Å²) in [5.41, 5.74) is 6.95. The average molecular weight is 355 g/mol. The fourth-order valence-electron chi connectivity index (χ4n) is 6.55. The van der Waals surface area contributed by atoms with Crippen molar-refractivity contribution in [2.45, 2.75) is 117 Å². The summed E-state index contributed by atoms with van der Waals surface area (Å²) in [6.07, 6.45) is 18.6. The van der Waals surface area contributed by atoms with E-state index in [0.29, 0.717) is 5.41 Å². The Bertz CT molecular complexity index is 570. The van der Waals surface area contributed by atoms with Crippen LogP contribution in [0.4, 0.5) is 0 Å². The van der Waals surface area contributed by atoms with Crippen LogP contribution in [0.3, 0.4) is 0 Å². The van der Waals surface area contributed by atoms with Crippen molar-refractivity contribution in [3.05, 3.63) is 34.4 Å². The highest BCUT2D eigenvalue weighted by Crippen LogP contribution is 2.53. The molecule has 2 aliphatic rings. The van der Waals surface area contributed by atoms with Crippen molar-refractivity contribution in [1.82, 2.24) is 0 Å². The predicted molar refractivity (Wildman–Crippen MR) is 115 cm³/mol. The minimum Gasteiger partial charge on any atom is -0.0651 e. The third-order valence-electron chi connectivity index (χ3n) is 7.89. The van der Waals surface area contributed by atoms with Gasteiger partial charge in [-0.2, -0.15) is 0 Å². The second-order valence-corrected chi connectivity index (χ2v) is 9.47. The van der Waals surface area contributed by atoms with Gasteiger partial charge in [-0.3, -0.25) is 0 Å². The van der Waals surface area contributed by atoms with Gasteiger partial charge in [0.05, 0.1) is 0 Å². The van der Waals surface area contributed by atoms with Gasteiger partial charge in [-0.1, -0.05) is 90.2 Å². The zero-order valence-corrected chi connectivity index (χ0v) is 18.0. The largest absolute Gasteiger partial charge is 0.0651 e. The molecule has 2 saturated carbocycles. The first-order valence-corrected chi connectivity index (χ1v) is 11.7. The van der Waals surface area contributed by atoms with E-state index >= 15 is 0 Å². The number of aryl methyl sites for hydroxylation is 3. The van der Waals surface area contributed by atoms with E-state index in [9.17, 15) is 0 Å². The topological polar surface area (TPSA) is 0 Å². The zero-order chi connectivity index (χ0) is 18.6. The normalized spacial score (nSPS) is 22.3. The summed E-state index contributed by atoms with van der Waals surface area (Å²) in [6.45, 7) is 9.50. The standard InChI is InChI=1S/C26H42/c1-5-13-23-18-20(3)21(4)19-25(23)26(16-11-8-12-17-26)24(6-2)22-14-9-7-10-15-22/h18-19,22,24H,5-17H2,1-4H3. The van der Waals surface area contributed by atoms with Crippen molar-refractivity contribution in [3.8, 4) is 0 Å². The summed E-state index contributed by atoms with van der Waals surface area (Å²) in [4.78, 5) is 0. The first-order valence-electron chi connectivity index (χ1n) is 11.7. The van der Waals surface area contributed by atoms with E-state index in [4.69, 9.17) is 0 Å². The molecule has 0 heteroatoms. The van der Waals surface area contributed by atoms with Crippen LogP contribution in [0.5, 0.6) is 0 Å². The van der Waals surface area contributed by atoms with Crippen LogP contribution >= 0.6 is 0 Å². The number of benzene rings is 1. The Balaban J connectivity index is 2.08. The molecule has 0 amide bonds. The molecule has 2 aliphatic carbocycles. The lowest BCUT2D eigenvalue weighted by Crippen LogP contribution is -2.42. The maximum Gasteiger partial charge on any atom is -0.00134 e. The van der Waals surface area contributed by atoms with Gasteiger partial charge in [-0.05, 0) is 72.6 Å². The van der Waals surface area contributed by atoms with Crippen LogP contribution in [0.2, 0.25) is 0 Å². The van der Waals surface area contributed by atoms with Gasteiger partial charge in [0.15, 0.2) is 0 Å². The molecule has 1 atom stereocenters. The van der Waals surface area contributed by atoms with Crippen molar-refractivity contribution in [1.29, 1.82) is 0 Å². The molecule has 0 bridgehead atoms. The maximum atomic E-state index is 2.64. The summed E-state index contributed by atoms with van der Waals surface area (Å²) in [7, 11) is 0. The lowest BCUT2D eigenvalue weighted by Gasteiger charge is -2.49. The van der Waals surface area contributed by atoms with Crippen LogP contribution in [0.1, 0.15) is 113 Å². The molecule has 1 aromatic rings. The van der Waals surface area contributed by atoms with Crippen molar-refractivity contribution in [2.75, 3.05) is 0 Å². The van der Waals surface area contributed by atoms with Gasteiger partial charge in [0.1, 0.15) is 0 Å². The molecule has 26 heavy (non-hydrogen) atoms. The van der Waals surface area contributed by atoms with Crippen LogP contribution in [0, 0.1) is 25.7 Å². The lowest BCUT2D eigenvalue weighted by atomic mass is 9.55. The van der Waals surface area contributed by atoms with E-state index in [1.165, 1.54) is 94.6 Å². The minimum absolute atomic E-state index is 0.470. The molecule has 0 spiro atoms. The summed E-state index contributed by atoms with van der Waals surface area (Å²) in [6, 6.07) is 5.19. The molecule has 0 aromatic heterocycles. The van der Waals surface area contributed by atoms with Crippen LogP contribution in [-0.4, -0.2) is 0 Å². The average Bonchev–Trinajstić information content (AvgIpc) is 2.67. The van der Waals surface area contributed by atoms with E-state index in [1.54, 1.807) is 11.1 Å². The number of hydrogen-bond donors (Lipinski definition) is 0. The molecule has 0 heterocycles. The Labute approximate surface area is 163 Å². The van der Waals surface area contributed by atoms with Crippen LogP contribution < -0.4 is 0 Å². The molecule has 146 valence electrons. The molecule has 0 aliphatic heterocycles. The molecular formula is C26H42. The second-order valence-electron chi connectivity index (χ2n) is 9.47. The van der Waals surface area contributed by atoms with Crippen molar-refractivity contribution < 1.29 is 0 Å². The fourth-order valence-corrected chi connectivity index (χ4v) is 6.55. The van der Waals surface area contributed by atoms with E-state index in [1.807, 2.05) is 0 Å². The van der Waals surface area contributed by atoms with Crippen molar-refractivity contribution in [2.24, 2.45) is 11.8 Å². The predicted octanol–water partition coefficient (Wildman–Crippen LogP) is 8.06. The second kappa shape index (κ2) is 8.94. The van der Waals surface area contributed by atoms with Gasteiger partial charge in [-0.25, -0.2) is 0 Å². The summed E-state index contributed by atoms with van der Waals surface area (Å²) >= 11 is 0. The highest BCUT2D eigenvalue weighted by molar-refractivity contribution is 5.43. The lowest BCUT2D eigenvalue weighted by molar-refractivity contribution is 0.101. The Morgan fingerprint density at radius 3 is 2.12 bits per heavy atom. The first kappa shape index (κ1) is 20.0. The monoisotopic (exact) mass is 354 g/mol. The summed E-state index contributed by atoms with van der Waals surface area (Å²) in [5, 5.41) is 0. The van der Waals surface area contributed by atoms with Crippen molar-refractivity contribution >= 4 is 0 Å². The number of rotatable bonds is 6. The summed E-state index contributed by atoms with van der Waals surface area (Å²) < 4.78 is 0. The highest BCUT2D eigenvalue weighted by Gasteiger charge is 2.44. The van der Waals surface area contributed by atoms with Gasteiger partial charge in [0.2, 0.25) is 0 Å². The maximum absolute atomic E-state index is 2.64. The van der Waals surface area contributed by atoms with Crippen LogP contribution in [0.25, 0.3) is 0 Å². The van der Waals surface area contributed by atoms with Crippen LogP contribution in [0.15, 0.2) is 12.1 Å². The Morgan fingerprint density at radius 1 is 0.885 bits per heavy atom. The number of hydrogen-bond acceptors (Lipinski definition) is 0. The molecular weight excluding hydrogens is 312 g/mol. The zero-order valence-electron chi connectivity index (χ0n) is 18.0. The van der Waals surface area contributed by atoms with Gasteiger partial charge in [0.25, 0.3) is 0 Å². The SMILES string of the molecule is CCCc1cc(C)c(C)cc1C1(C(CC)C2CCCCC2)CCCCC1. The smallest absolute Gasteiger partial charge is 0.00134 e. The van der Waals surface area contributed by atoms with Crippen LogP contribution in [-0.2, 0) is 11.8 Å². The minimum atomic E-state index is 0.470. The van der Waals surface area contributed by atoms with Gasteiger partial charge >= 0.3 is 0 Å². The van der Waals surface area contributed by atoms with E-state index in [0.717, 1.165) is 11.8 Å². The molecule has 1 unspecified atom stereocenters. The molecule has 0 radical (unpaired) electrons. The highest BCUT2D eigenvalue weighted by atomic mass is 14.5. The molecule has 0 nitrogen and oxygen atoms in total. The molecule has 3 rings (SSSR count). The summed E-state index contributed by atoms with van der Waals surface area (Å²) in [5.74, 6) is 1.88. The Kier molecular flexibility index (Phi) is 6.87. The molecule has 2 fully saturated rings. The third-order valence-corrected chi connectivity index (χ3v) is 7.89. The van der Waals surface area contributed by atoms with E-state index in [2.05, 4.69) is 39.8 Å². The third kappa shape index (κ3) is 3.90. The molecule has 0 N–H and O–H groups in total. The van der Waals surface area contributed by atoms with E-state index < -0.39 is 0 Å². The fraction of sp³-hybridized carbons (Fsp3) is 0.769. The van der Waals surface area contributed by atoms with Gasteiger partial charge in [-0.15, -0.1) is 0 Å². The van der Waals surface area contributed by atoms with Crippen molar-refractivity contribution in [3.63, 3.8) is 0 Å². The van der Waals surface area contributed by atoms with Gasteiger partial charge in [0, 0.05) is 0 Å². The van der Waals surface area contributed by atoms with Gasteiger partial charge < -0.3 is 0 Å². The molecule has 1 aromatic carbocycles. The quantitative estimate of drug-likeness (QED) is 0.484. The molecule has 0 saturated heterocycles. The Morgan fingerprint density at radius 2 is 1.50 bits per heavy atom. The van der Waals surface area contributed by atoms with E-state index in [-0.39, 0.29) is 0 Å².